The van der Waals surface area contributed by atoms with E-state index in [4.69, 9.17) is 4.74 Å². The van der Waals surface area contributed by atoms with Crippen LogP contribution in [0, 0.1) is 5.92 Å². The Labute approximate surface area is 101 Å². The molecular weight excluding hydrogens is 305 g/mol. The Kier molecular flexibility index (Phi) is 7.12. The molecule has 1 saturated heterocycles. The van der Waals surface area contributed by atoms with E-state index in [1.807, 2.05) is 0 Å². The van der Waals surface area contributed by atoms with Gasteiger partial charge in [0.1, 0.15) is 0 Å². The van der Waals surface area contributed by atoms with Crippen molar-refractivity contribution in [3.05, 3.63) is 0 Å². The molecule has 0 aliphatic carbocycles. The molecular formula is C11H24INO2. The Hall–Kier alpha value is 0.610. The Morgan fingerprint density at radius 1 is 1.60 bits per heavy atom. The average molecular weight is 329 g/mol. The van der Waals surface area contributed by atoms with Crippen molar-refractivity contribution in [3.8, 4) is 0 Å². The van der Waals surface area contributed by atoms with E-state index < -0.39 is 20.1 Å². The predicted octanol–water partition coefficient (Wildman–Crippen LogP) is 2.17. The van der Waals surface area contributed by atoms with Gasteiger partial charge in [-0.3, -0.25) is 0 Å². The number of hydrogen-bond acceptors (Lipinski definition) is 3. The van der Waals surface area contributed by atoms with Crippen LogP contribution in [0.5, 0.6) is 0 Å². The van der Waals surface area contributed by atoms with Gasteiger partial charge < -0.3 is 0 Å². The molecule has 4 heteroatoms. The number of alkyl halides is 2. The van der Waals surface area contributed by atoms with Crippen molar-refractivity contribution in [2.45, 2.75) is 37.0 Å². The van der Waals surface area contributed by atoms with Gasteiger partial charge in [-0.05, 0) is 0 Å². The minimum absolute atomic E-state index is 0.386. The molecule has 1 unspecified atom stereocenters. The van der Waals surface area contributed by atoms with E-state index in [1.165, 1.54) is 12.8 Å². The molecule has 1 aliphatic rings. The van der Waals surface area contributed by atoms with Crippen LogP contribution in [0.25, 0.3) is 0 Å². The number of nitrogens with one attached hydrogen (secondary N) is 1. The van der Waals surface area contributed by atoms with Crippen molar-refractivity contribution in [1.82, 2.24) is 3.53 Å². The van der Waals surface area contributed by atoms with Crippen LogP contribution >= 0.6 is 20.1 Å². The van der Waals surface area contributed by atoms with Crippen LogP contribution in [-0.4, -0.2) is 33.4 Å². The van der Waals surface area contributed by atoms with Crippen LogP contribution in [0.3, 0.4) is 0 Å². The molecule has 0 bridgehead atoms. The van der Waals surface area contributed by atoms with Crippen LogP contribution in [-0.2, 0) is 4.74 Å². The van der Waals surface area contributed by atoms with Crippen LogP contribution in [0.4, 0.5) is 0 Å². The standard InChI is InChI=1S/C11H24INO2/c1-3-4-10(2)7-13-12(9-14)11-5-6-15-8-11/h10-11,13-14H,3-9H2,1-2H3/t10-,11?/m0/s1. The van der Waals surface area contributed by atoms with E-state index in [-0.39, 0.29) is 0 Å². The molecule has 0 saturated carbocycles. The van der Waals surface area contributed by atoms with E-state index in [0.29, 0.717) is 8.54 Å². The molecule has 1 heterocycles. The normalized spacial score (nSPS) is 24.2. The fourth-order valence-electron chi connectivity index (χ4n) is 1.79. The Balaban J connectivity index is 2.20. The summed E-state index contributed by atoms with van der Waals surface area (Å²) in [5.41, 5.74) is 0. The third kappa shape index (κ3) is 4.97. The zero-order valence-corrected chi connectivity index (χ0v) is 12.0. The maximum absolute atomic E-state index is 9.38. The van der Waals surface area contributed by atoms with Crippen molar-refractivity contribution in [3.63, 3.8) is 0 Å². The Morgan fingerprint density at radius 2 is 2.40 bits per heavy atom. The first kappa shape index (κ1) is 13.7. The monoisotopic (exact) mass is 329 g/mol. The van der Waals surface area contributed by atoms with Gasteiger partial charge in [-0.1, -0.05) is 0 Å². The van der Waals surface area contributed by atoms with Gasteiger partial charge in [0, 0.05) is 0 Å². The molecule has 0 aromatic carbocycles. The zero-order chi connectivity index (χ0) is 11.1. The summed E-state index contributed by atoms with van der Waals surface area (Å²) in [6.45, 7) is 7.36. The molecule has 3 nitrogen and oxygen atoms in total. The van der Waals surface area contributed by atoms with Gasteiger partial charge in [-0.25, -0.2) is 0 Å². The molecule has 1 aliphatic heterocycles. The third-order valence-electron chi connectivity index (χ3n) is 2.75. The van der Waals surface area contributed by atoms with Crippen LogP contribution in [0.2, 0.25) is 0 Å². The number of rotatable bonds is 7. The van der Waals surface area contributed by atoms with Crippen molar-refractivity contribution in [2.75, 3.05) is 24.4 Å². The van der Waals surface area contributed by atoms with Gasteiger partial charge in [0.05, 0.1) is 0 Å². The fourth-order valence-corrected chi connectivity index (χ4v) is 6.22. The van der Waals surface area contributed by atoms with Crippen molar-refractivity contribution >= 4 is 20.1 Å². The molecule has 2 atom stereocenters. The molecule has 0 aromatic heterocycles. The molecule has 92 valence electrons. The second-order valence-corrected chi connectivity index (χ2v) is 9.68. The van der Waals surface area contributed by atoms with Crippen molar-refractivity contribution in [2.24, 2.45) is 5.92 Å². The summed E-state index contributed by atoms with van der Waals surface area (Å²) in [6.07, 6.45) is 3.69. The number of aliphatic hydroxyl groups excluding tert-OH is 1. The van der Waals surface area contributed by atoms with Crippen LogP contribution in [0.15, 0.2) is 0 Å². The molecule has 0 radical (unpaired) electrons. The van der Waals surface area contributed by atoms with Gasteiger partial charge in [0.25, 0.3) is 0 Å². The summed E-state index contributed by atoms with van der Waals surface area (Å²) in [7, 11) is 0. The first-order valence-corrected chi connectivity index (χ1v) is 9.69. The summed E-state index contributed by atoms with van der Waals surface area (Å²) in [5.74, 6) is 0.740. The topological polar surface area (TPSA) is 41.5 Å². The van der Waals surface area contributed by atoms with Gasteiger partial charge in [-0.2, -0.15) is 0 Å². The van der Waals surface area contributed by atoms with Crippen molar-refractivity contribution in [1.29, 1.82) is 0 Å². The molecule has 0 amide bonds. The summed E-state index contributed by atoms with van der Waals surface area (Å²) in [4.78, 5) is 0. The first-order chi connectivity index (χ1) is 7.27. The maximum atomic E-state index is 9.38. The SMILES string of the molecule is CCC[C@H](C)CNI(CO)C1CCOC1. The van der Waals surface area contributed by atoms with Crippen LogP contribution in [0.1, 0.15) is 33.1 Å². The Bertz CT molecular complexity index is 163. The van der Waals surface area contributed by atoms with E-state index in [2.05, 4.69) is 17.4 Å². The van der Waals surface area contributed by atoms with Gasteiger partial charge >= 0.3 is 101 Å². The number of halogens is 1. The summed E-state index contributed by atoms with van der Waals surface area (Å²) in [6, 6.07) is 0. The molecule has 2 N–H and O–H groups in total. The van der Waals surface area contributed by atoms with Gasteiger partial charge in [0.2, 0.25) is 0 Å². The summed E-state index contributed by atoms with van der Waals surface area (Å²) >= 11 is -1.34. The zero-order valence-electron chi connectivity index (χ0n) is 9.84. The van der Waals surface area contributed by atoms with E-state index >= 15 is 0 Å². The van der Waals surface area contributed by atoms with Gasteiger partial charge in [0.15, 0.2) is 0 Å². The molecule has 1 rings (SSSR count). The van der Waals surface area contributed by atoms with Crippen molar-refractivity contribution < 1.29 is 9.84 Å². The quantitative estimate of drug-likeness (QED) is 0.427. The minimum atomic E-state index is -1.34. The number of hydrogen-bond donors (Lipinski definition) is 2. The number of aliphatic hydroxyl groups is 1. The summed E-state index contributed by atoms with van der Waals surface area (Å²) < 4.78 is 10.1. The van der Waals surface area contributed by atoms with Crippen LogP contribution < -0.4 is 3.53 Å². The Morgan fingerprint density at radius 3 is 2.93 bits per heavy atom. The van der Waals surface area contributed by atoms with Gasteiger partial charge in [-0.15, -0.1) is 0 Å². The third-order valence-corrected chi connectivity index (χ3v) is 8.02. The first-order valence-electron chi connectivity index (χ1n) is 5.84. The molecule has 0 spiro atoms. The fraction of sp³-hybridized carbons (Fsp3) is 1.00. The molecule has 0 aromatic rings. The average Bonchev–Trinajstić information content (AvgIpc) is 2.72. The van der Waals surface area contributed by atoms with E-state index in [1.54, 1.807) is 0 Å². The second kappa shape index (κ2) is 7.81. The molecule has 1 fully saturated rings. The number of ether oxygens (including phenoxy) is 1. The second-order valence-electron chi connectivity index (χ2n) is 4.21. The van der Waals surface area contributed by atoms with E-state index in [0.717, 1.165) is 32.1 Å². The predicted molar refractivity (Wildman–Crippen MR) is 72.4 cm³/mol. The molecule has 15 heavy (non-hydrogen) atoms. The van der Waals surface area contributed by atoms with E-state index in [9.17, 15) is 5.11 Å². The summed E-state index contributed by atoms with van der Waals surface area (Å²) in [5, 5.41) is 9.38.